The van der Waals surface area contributed by atoms with E-state index in [9.17, 15) is 24.2 Å². The van der Waals surface area contributed by atoms with Crippen molar-refractivity contribution in [1.29, 1.82) is 0 Å². The largest absolute Gasteiger partial charge is 0.508 e. The van der Waals surface area contributed by atoms with E-state index in [-0.39, 0.29) is 35.3 Å². The molecular formula is C22H20FNO5. The maximum atomic E-state index is 13.3. The number of aliphatic hydroxyl groups is 1. The van der Waals surface area contributed by atoms with Crippen molar-refractivity contribution in [2.45, 2.75) is 25.0 Å². The van der Waals surface area contributed by atoms with Crippen LogP contribution in [0.25, 0.3) is 5.76 Å². The fraction of sp³-hybridized carbons (Fsp3) is 0.273. The second-order valence-electron chi connectivity index (χ2n) is 7.18. The lowest BCUT2D eigenvalue weighted by atomic mass is 9.95. The number of carbonyl (C=O) groups is 2. The first-order valence-electron chi connectivity index (χ1n) is 9.40. The van der Waals surface area contributed by atoms with E-state index in [1.807, 2.05) is 0 Å². The number of halogens is 1. The lowest BCUT2D eigenvalue weighted by molar-refractivity contribution is -0.140. The third kappa shape index (κ3) is 3.61. The summed E-state index contributed by atoms with van der Waals surface area (Å²) >= 11 is 0. The van der Waals surface area contributed by atoms with E-state index >= 15 is 0 Å². The highest BCUT2D eigenvalue weighted by Gasteiger charge is 2.47. The molecule has 2 fully saturated rings. The molecule has 7 heteroatoms. The van der Waals surface area contributed by atoms with Gasteiger partial charge in [0.05, 0.1) is 17.7 Å². The molecule has 4 rings (SSSR count). The van der Waals surface area contributed by atoms with E-state index in [4.69, 9.17) is 4.74 Å². The molecule has 150 valence electrons. The monoisotopic (exact) mass is 397 g/mol. The highest BCUT2D eigenvalue weighted by Crippen LogP contribution is 2.40. The summed E-state index contributed by atoms with van der Waals surface area (Å²) in [4.78, 5) is 27.1. The number of nitrogens with zero attached hydrogens (tertiary/aromatic N) is 1. The Bertz CT molecular complexity index is 962. The van der Waals surface area contributed by atoms with Crippen LogP contribution in [-0.4, -0.2) is 46.1 Å². The summed E-state index contributed by atoms with van der Waals surface area (Å²) in [5, 5.41) is 20.5. The predicted molar refractivity (Wildman–Crippen MR) is 102 cm³/mol. The molecule has 1 amide bonds. The Balaban J connectivity index is 1.81. The molecule has 0 aromatic heterocycles. The third-order valence-electron chi connectivity index (χ3n) is 5.29. The number of hydrogen-bond donors (Lipinski definition) is 2. The molecule has 2 aliphatic rings. The molecule has 2 aliphatic heterocycles. The molecule has 0 saturated carbocycles. The van der Waals surface area contributed by atoms with Crippen molar-refractivity contribution < 1.29 is 28.9 Å². The Morgan fingerprint density at radius 1 is 1.10 bits per heavy atom. The average Bonchev–Trinajstić information content (AvgIpc) is 3.31. The normalized spacial score (nSPS) is 23.7. The molecule has 0 radical (unpaired) electrons. The number of benzene rings is 2. The van der Waals surface area contributed by atoms with E-state index in [0.717, 1.165) is 12.8 Å². The van der Waals surface area contributed by atoms with Gasteiger partial charge in [0.15, 0.2) is 0 Å². The van der Waals surface area contributed by atoms with Gasteiger partial charge in [-0.15, -0.1) is 0 Å². The number of phenolic OH excluding ortho intramolecular Hbond substituents is 1. The number of rotatable bonds is 4. The van der Waals surface area contributed by atoms with Crippen molar-refractivity contribution in [3.63, 3.8) is 0 Å². The summed E-state index contributed by atoms with van der Waals surface area (Å²) in [5.41, 5.74) is 0.749. The van der Waals surface area contributed by atoms with Crippen LogP contribution < -0.4 is 0 Å². The molecule has 0 spiro atoms. The predicted octanol–water partition coefficient (Wildman–Crippen LogP) is 3.13. The summed E-state index contributed by atoms with van der Waals surface area (Å²) in [5.74, 6) is -2.32. The molecular weight excluding hydrogens is 377 g/mol. The number of ketones is 1. The van der Waals surface area contributed by atoms with Gasteiger partial charge in [-0.2, -0.15) is 0 Å². The maximum Gasteiger partial charge on any atom is 0.295 e. The number of amides is 1. The minimum atomic E-state index is -0.829. The second-order valence-corrected chi connectivity index (χ2v) is 7.18. The standard InChI is InChI=1S/C22H20FNO5/c23-15-7-3-14(4-8-15)20(26)18-19(13-5-9-16(25)10-6-13)24(22(28)21(18)27)12-17-2-1-11-29-17/h3-10,17,19,25-26H,1-2,11-12H2/b20-18-. The summed E-state index contributed by atoms with van der Waals surface area (Å²) in [6.45, 7) is 0.824. The Morgan fingerprint density at radius 2 is 1.79 bits per heavy atom. The number of phenols is 1. The Kier molecular flexibility index (Phi) is 5.07. The summed E-state index contributed by atoms with van der Waals surface area (Å²) in [6.07, 6.45) is 1.48. The van der Waals surface area contributed by atoms with Crippen LogP contribution in [0.3, 0.4) is 0 Å². The van der Waals surface area contributed by atoms with Crippen LogP contribution in [0.5, 0.6) is 5.75 Å². The molecule has 29 heavy (non-hydrogen) atoms. The molecule has 2 N–H and O–H groups in total. The van der Waals surface area contributed by atoms with Crippen molar-refractivity contribution in [2.24, 2.45) is 0 Å². The first kappa shape index (κ1) is 19.1. The van der Waals surface area contributed by atoms with Crippen molar-refractivity contribution in [1.82, 2.24) is 4.90 Å². The zero-order valence-corrected chi connectivity index (χ0v) is 15.5. The number of aliphatic hydroxyl groups excluding tert-OH is 1. The van der Waals surface area contributed by atoms with Crippen molar-refractivity contribution in [2.75, 3.05) is 13.2 Å². The molecule has 2 aromatic rings. The molecule has 2 heterocycles. The summed E-state index contributed by atoms with van der Waals surface area (Å²) < 4.78 is 18.9. The van der Waals surface area contributed by atoms with Gasteiger partial charge in [-0.3, -0.25) is 9.59 Å². The lowest BCUT2D eigenvalue weighted by Gasteiger charge is -2.27. The van der Waals surface area contributed by atoms with Gasteiger partial charge in [-0.05, 0) is 54.8 Å². The van der Waals surface area contributed by atoms with Gasteiger partial charge in [-0.25, -0.2) is 4.39 Å². The van der Waals surface area contributed by atoms with Crippen LogP contribution in [0.2, 0.25) is 0 Å². The van der Waals surface area contributed by atoms with E-state index in [1.165, 1.54) is 41.3 Å². The van der Waals surface area contributed by atoms with Gasteiger partial charge in [0.25, 0.3) is 11.7 Å². The van der Waals surface area contributed by atoms with Crippen LogP contribution in [-0.2, 0) is 14.3 Å². The first-order valence-corrected chi connectivity index (χ1v) is 9.40. The molecule has 2 unspecified atom stereocenters. The molecule has 6 nitrogen and oxygen atoms in total. The van der Waals surface area contributed by atoms with Gasteiger partial charge in [0.2, 0.25) is 0 Å². The quantitative estimate of drug-likeness (QED) is 0.470. The van der Waals surface area contributed by atoms with E-state index in [2.05, 4.69) is 0 Å². The van der Waals surface area contributed by atoms with Crippen molar-refractivity contribution >= 4 is 17.4 Å². The number of Topliss-reactive ketones (excluding diaryl/α,β-unsaturated/α-hetero) is 1. The van der Waals surface area contributed by atoms with Crippen LogP contribution in [0.4, 0.5) is 4.39 Å². The summed E-state index contributed by atoms with van der Waals surface area (Å²) in [6, 6.07) is 10.3. The lowest BCUT2D eigenvalue weighted by Crippen LogP contribution is -2.36. The van der Waals surface area contributed by atoms with Crippen molar-refractivity contribution in [3.05, 3.63) is 71.0 Å². The number of aromatic hydroxyl groups is 1. The third-order valence-corrected chi connectivity index (χ3v) is 5.29. The van der Waals surface area contributed by atoms with E-state index in [0.29, 0.717) is 12.2 Å². The smallest absolute Gasteiger partial charge is 0.295 e. The minimum absolute atomic E-state index is 0.0448. The number of hydrogen-bond acceptors (Lipinski definition) is 5. The average molecular weight is 397 g/mol. The zero-order chi connectivity index (χ0) is 20.5. The SMILES string of the molecule is O=C1C(=O)N(CC2CCCO2)C(c2ccc(O)cc2)/C1=C(/O)c1ccc(F)cc1. The molecule has 0 bridgehead atoms. The van der Waals surface area contributed by atoms with E-state index < -0.39 is 23.5 Å². The summed E-state index contributed by atoms with van der Waals surface area (Å²) in [7, 11) is 0. The number of carbonyl (C=O) groups excluding carboxylic acids is 2. The molecule has 2 aromatic carbocycles. The molecule has 2 atom stereocenters. The Hall–Kier alpha value is -3.19. The second kappa shape index (κ2) is 7.67. The van der Waals surface area contributed by atoms with Crippen molar-refractivity contribution in [3.8, 4) is 5.75 Å². The first-order chi connectivity index (χ1) is 14.0. The van der Waals surface area contributed by atoms with Gasteiger partial charge in [-0.1, -0.05) is 12.1 Å². The fourth-order valence-electron chi connectivity index (χ4n) is 3.84. The van der Waals surface area contributed by atoms with Gasteiger partial charge < -0.3 is 19.8 Å². The number of ether oxygens (including phenoxy) is 1. The van der Waals surface area contributed by atoms with Gasteiger partial charge in [0.1, 0.15) is 17.3 Å². The van der Waals surface area contributed by atoms with E-state index in [1.54, 1.807) is 12.1 Å². The van der Waals surface area contributed by atoms with Crippen LogP contribution in [0, 0.1) is 5.82 Å². The zero-order valence-electron chi connectivity index (χ0n) is 15.5. The minimum Gasteiger partial charge on any atom is -0.508 e. The topological polar surface area (TPSA) is 87.1 Å². The highest BCUT2D eigenvalue weighted by atomic mass is 19.1. The molecule has 2 saturated heterocycles. The van der Waals surface area contributed by atoms with Crippen LogP contribution >= 0.6 is 0 Å². The Morgan fingerprint density at radius 3 is 2.41 bits per heavy atom. The fourth-order valence-corrected chi connectivity index (χ4v) is 3.84. The van der Waals surface area contributed by atoms with Crippen LogP contribution in [0.1, 0.15) is 30.0 Å². The van der Waals surface area contributed by atoms with Gasteiger partial charge in [0, 0.05) is 18.7 Å². The maximum absolute atomic E-state index is 13.3. The molecule has 0 aliphatic carbocycles. The number of likely N-dealkylation sites (tertiary alicyclic amines) is 1. The van der Waals surface area contributed by atoms with Crippen LogP contribution in [0.15, 0.2) is 54.1 Å². The van der Waals surface area contributed by atoms with Gasteiger partial charge >= 0.3 is 0 Å². The highest BCUT2D eigenvalue weighted by molar-refractivity contribution is 6.46. The Labute approximate surface area is 166 Å².